The molecule has 1 unspecified atom stereocenters. The van der Waals surface area contributed by atoms with E-state index in [1.807, 2.05) is 24.6 Å². The van der Waals surface area contributed by atoms with E-state index in [9.17, 15) is 23.4 Å². The van der Waals surface area contributed by atoms with Gasteiger partial charge in [0.15, 0.2) is 5.78 Å². The van der Waals surface area contributed by atoms with Crippen LogP contribution < -0.4 is 21.7 Å². The van der Waals surface area contributed by atoms with E-state index in [-0.39, 0.29) is 30.6 Å². The molecule has 0 aliphatic rings. The van der Waals surface area contributed by atoms with Crippen LogP contribution in [0, 0.1) is 11.3 Å². The van der Waals surface area contributed by atoms with E-state index in [0.29, 0.717) is 41.9 Å². The van der Waals surface area contributed by atoms with Gasteiger partial charge in [0.1, 0.15) is 23.0 Å². The van der Waals surface area contributed by atoms with Crippen LogP contribution in [0.25, 0.3) is 11.0 Å². The third-order valence-corrected chi connectivity index (χ3v) is 7.48. The minimum absolute atomic E-state index is 0.141. The molecule has 0 spiro atoms. The number of ketones is 1. The van der Waals surface area contributed by atoms with Gasteiger partial charge in [0, 0.05) is 46.9 Å². The number of carbonyl (C=O) groups is 4. The number of aryl methyl sites for hydroxylation is 1. The maximum Gasteiger partial charge on any atom is 0.312 e. The standard InChI is InChI=1S/C27H43N7O5S/c1-17(2)21(24(37)32-19(22(36)27(3,4)5)10-8-13-29-26(28)38)33-20(35)11-9-14-34-15-12-18-23(34)30-16-31-25(18)40(6,7)39/h12,15-17,19,21H,6,8-11,13-14H2,1-5,7H3,(H,32,37)(H,33,35)(H3,28,29,38)/t19-,21-,40?/m0/s1. The summed E-state index contributed by atoms with van der Waals surface area (Å²) in [5.41, 5.74) is 5.02. The van der Waals surface area contributed by atoms with Crippen molar-refractivity contribution in [1.29, 1.82) is 0 Å². The molecule has 2 heterocycles. The van der Waals surface area contributed by atoms with Crippen LogP contribution in [0.3, 0.4) is 0 Å². The first-order chi connectivity index (χ1) is 18.5. The van der Waals surface area contributed by atoms with E-state index in [4.69, 9.17) is 5.73 Å². The lowest BCUT2D eigenvalue weighted by molar-refractivity contribution is -0.135. The number of rotatable bonds is 14. The molecule has 2 rings (SSSR count). The predicted octanol–water partition coefficient (Wildman–Crippen LogP) is 1.61. The number of fused-ring (bicyclic) bond motifs is 1. The van der Waals surface area contributed by atoms with Crippen LogP contribution in [0.1, 0.15) is 60.3 Å². The average molecular weight is 578 g/mol. The number of urea groups is 1. The van der Waals surface area contributed by atoms with Crippen LogP contribution >= 0.6 is 0 Å². The van der Waals surface area contributed by atoms with Gasteiger partial charge in [0.05, 0.1) is 11.4 Å². The number of Topliss-reactive ketones (excluding diaryl/α,β-unsaturated/α-hetero) is 1. The Bertz CT molecular complexity index is 1330. The number of primary amides is 1. The molecule has 13 heteroatoms. The van der Waals surface area contributed by atoms with Crippen LogP contribution in [-0.2, 0) is 30.5 Å². The van der Waals surface area contributed by atoms with E-state index in [1.54, 1.807) is 26.8 Å². The molecule has 0 saturated heterocycles. The second kappa shape index (κ2) is 13.7. The molecular formula is C27H43N7O5S. The van der Waals surface area contributed by atoms with Crippen molar-refractivity contribution < 1.29 is 23.4 Å². The molecule has 0 aliphatic heterocycles. The highest BCUT2D eigenvalue weighted by molar-refractivity contribution is 7.99. The van der Waals surface area contributed by atoms with Crippen molar-refractivity contribution in [1.82, 2.24) is 30.5 Å². The minimum Gasteiger partial charge on any atom is -0.352 e. The molecule has 4 amide bonds. The largest absolute Gasteiger partial charge is 0.352 e. The Balaban J connectivity index is 2.02. The van der Waals surface area contributed by atoms with Gasteiger partial charge < -0.3 is 26.3 Å². The van der Waals surface area contributed by atoms with Gasteiger partial charge in [-0.15, -0.1) is 0 Å². The van der Waals surface area contributed by atoms with Gasteiger partial charge in [0.2, 0.25) is 11.8 Å². The molecule has 222 valence electrons. The number of carbonyl (C=O) groups excluding carboxylic acids is 4. The number of nitrogens with two attached hydrogens (primary N) is 1. The maximum absolute atomic E-state index is 13.2. The highest BCUT2D eigenvalue weighted by Gasteiger charge is 2.33. The first-order valence-corrected chi connectivity index (χ1v) is 15.5. The quantitative estimate of drug-likeness (QED) is 0.150. The molecule has 0 saturated carbocycles. The summed E-state index contributed by atoms with van der Waals surface area (Å²) in [6, 6.07) is -0.468. The smallest absolute Gasteiger partial charge is 0.312 e. The molecule has 40 heavy (non-hydrogen) atoms. The highest BCUT2D eigenvalue weighted by atomic mass is 32.2. The average Bonchev–Trinajstić information content (AvgIpc) is 3.25. The summed E-state index contributed by atoms with van der Waals surface area (Å²) in [6.45, 7) is 9.73. The van der Waals surface area contributed by atoms with Crippen LogP contribution in [0.5, 0.6) is 0 Å². The second-order valence-corrected chi connectivity index (χ2v) is 13.8. The van der Waals surface area contributed by atoms with Gasteiger partial charge in [-0.2, -0.15) is 0 Å². The summed E-state index contributed by atoms with van der Waals surface area (Å²) in [5, 5.41) is 9.17. The van der Waals surface area contributed by atoms with E-state index >= 15 is 0 Å². The molecule has 2 aromatic heterocycles. The van der Waals surface area contributed by atoms with Crippen LogP contribution in [0.2, 0.25) is 0 Å². The van der Waals surface area contributed by atoms with Crippen molar-refractivity contribution >= 4 is 50.1 Å². The lowest BCUT2D eigenvalue weighted by Crippen LogP contribution is -2.55. The molecule has 2 aromatic rings. The molecule has 0 fully saturated rings. The van der Waals surface area contributed by atoms with Crippen molar-refractivity contribution in [3.05, 3.63) is 18.6 Å². The zero-order valence-corrected chi connectivity index (χ0v) is 25.1. The number of hydrogen-bond acceptors (Lipinski definition) is 7. The normalized spacial score (nSPS) is 14.8. The van der Waals surface area contributed by atoms with Gasteiger partial charge >= 0.3 is 6.03 Å². The third-order valence-electron chi connectivity index (χ3n) is 6.34. The fraction of sp³-hybridized carbons (Fsp3) is 0.593. The van der Waals surface area contributed by atoms with Crippen molar-refractivity contribution in [2.45, 2.75) is 84.0 Å². The Kier molecular flexibility index (Phi) is 11.2. The lowest BCUT2D eigenvalue weighted by Gasteiger charge is -2.28. The SMILES string of the molecule is C=S(C)(=O)c1ncnc2c1ccn2CCCC(=O)N[C@H](C(=O)N[C@@H](CCCNC(N)=O)C(=O)C(C)(C)C)C(C)C. The second-order valence-electron chi connectivity index (χ2n) is 11.4. The summed E-state index contributed by atoms with van der Waals surface area (Å²) in [7, 11) is -2.52. The molecule has 0 aromatic carbocycles. The van der Waals surface area contributed by atoms with Crippen LogP contribution in [0.15, 0.2) is 23.6 Å². The Hall–Kier alpha value is -3.48. The minimum atomic E-state index is -2.52. The van der Waals surface area contributed by atoms with Crippen molar-refractivity contribution in [2.24, 2.45) is 17.1 Å². The van der Waals surface area contributed by atoms with E-state index in [0.717, 1.165) is 0 Å². The summed E-state index contributed by atoms with van der Waals surface area (Å²) < 4.78 is 14.3. The maximum atomic E-state index is 13.2. The summed E-state index contributed by atoms with van der Waals surface area (Å²) in [4.78, 5) is 58.4. The van der Waals surface area contributed by atoms with Gasteiger partial charge in [-0.3, -0.25) is 18.6 Å². The number of nitrogens with one attached hydrogen (secondary N) is 3. The highest BCUT2D eigenvalue weighted by Crippen LogP contribution is 2.21. The topological polar surface area (TPSA) is 178 Å². The fourth-order valence-corrected chi connectivity index (χ4v) is 5.16. The van der Waals surface area contributed by atoms with Crippen molar-refractivity contribution in [2.75, 3.05) is 12.8 Å². The molecule has 0 aliphatic carbocycles. The molecule has 0 radical (unpaired) electrons. The Labute approximate surface area is 236 Å². The third kappa shape index (κ3) is 9.32. The first-order valence-electron chi connectivity index (χ1n) is 13.3. The fourth-order valence-electron chi connectivity index (χ4n) is 4.27. The Morgan fingerprint density at radius 3 is 2.38 bits per heavy atom. The predicted molar refractivity (Wildman–Crippen MR) is 156 cm³/mol. The first kappa shape index (κ1) is 32.7. The molecular weight excluding hydrogens is 534 g/mol. The zero-order valence-electron chi connectivity index (χ0n) is 24.3. The number of aromatic nitrogens is 3. The van der Waals surface area contributed by atoms with E-state index in [1.165, 1.54) is 12.6 Å². The lowest BCUT2D eigenvalue weighted by atomic mass is 9.84. The van der Waals surface area contributed by atoms with Gasteiger partial charge in [-0.25, -0.2) is 14.8 Å². The molecule has 0 bridgehead atoms. The number of nitrogens with zero attached hydrogens (tertiary/aromatic N) is 3. The number of amides is 4. The molecule has 3 atom stereocenters. The number of hydrogen-bond donors (Lipinski definition) is 4. The van der Waals surface area contributed by atoms with Gasteiger partial charge in [-0.05, 0) is 37.1 Å². The van der Waals surface area contributed by atoms with E-state index < -0.39 is 39.0 Å². The summed E-state index contributed by atoms with van der Waals surface area (Å²) in [6.07, 6.45) is 6.09. The monoisotopic (exact) mass is 577 g/mol. The zero-order chi connectivity index (χ0) is 30.3. The van der Waals surface area contributed by atoms with Gasteiger partial charge in [0.25, 0.3) is 0 Å². The van der Waals surface area contributed by atoms with E-state index in [2.05, 4.69) is 31.8 Å². The Morgan fingerprint density at radius 2 is 1.80 bits per heavy atom. The Morgan fingerprint density at radius 1 is 1.12 bits per heavy atom. The molecule has 12 nitrogen and oxygen atoms in total. The summed E-state index contributed by atoms with van der Waals surface area (Å²) in [5.74, 6) is 2.62. The summed E-state index contributed by atoms with van der Waals surface area (Å²) >= 11 is 0. The van der Waals surface area contributed by atoms with Crippen molar-refractivity contribution in [3.8, 4) is 0 Å². The van der Waals surface area contributed by atoms with Crippen LogP contribution in [0.4, 0.5) is 4.79 Å². The van der Waals surface area contributed by atoms with Crippen LogP contribution in [-0.4, -0.2) is 73.1 Å². The molecule has 5 N–H and O–H groups in total. The van der Waals surface area contributed by atoms with Crippen molar-refractivity contribution in [3.63, 3.8) is 0 Å². The van der Waals surface area contributed by atoms with Gasteiger partial charge in [-0.1, -0.05) is 34.6 Å².